The first-order valence-electron chi connectivity index (χ1n) is 6.55. The van der Waals surface area contributed by atoms with E-state index in [0.29, 0.717) is 16.4 Å². The van der Waals surface area contributed by atoms with Crippen LogP contribution in [0.3, 0.4) is 0 Å². The first-order chi connectivity index (χ1) is 9.95. The largest absolute Gasteiger partial charge is 0.376 e. The Morgan fingerprint density at radius 2 is 2.00 bits per heavy atom. The van der Waals surface area contributed by atoms with Gasteiger partial charge in [-0.05, 0) is 42.8 Å². The van der Waals surface area contributed by atoms with Crippen molar-refractivity contribution >= 4 is 28.9 Å². The lowest BCUT2D eigenvalue weighted by Crippen LogP contribution is -2.10. The van der Waals surface area contributed by atoms with E-state index in [4.69, 9.17) is 11.6 Å². The molecule has 1 amide bonds. The number of benzene rings is 2. The number of nitrogens with one attached hydrogen (secondary N) is 2. The molecule has 0 saturated heterocycles. The van der Waals surface area contributed by atoms with Crippen molar-refractivity contribution in [3.63, 3.8) is 0 Å². The van der Waals surface area contributed by atoms with Crippen molar-refractivity contribution in [2.24, 2.45) is 0 Å². The Balaban J connectivity index is 2.20. The molecule has 2 rings (SSSR count). The maximum absolute atomic E-state index is 13.9. The molecule has 2 aromatic rings. The van der Waals surface area contributed by atoms with Gasteiger partial charge < -0.3 is 10.6 Å². The summed E-state index contributed by atoms with van der Waals surface area (Å²) in [5, 5.41) is 6.34. The number of anilines is 2. The van der Waals surface area contributed by atoms with E-state index in [1.165, 1.54) is 19.1 Å². The van der Waals surface area contributed by atoms with Crippen LogP contribution in [0.5, 0.6) is 0 Å². The monoisotopic (exact) mass is 306 g/mol. The molecule has 1 unspecified atom stereocenters. The summed E-state index contributed by atoms with van der Waals surface area (Å²) in [5.41, 5.74) is 1.82. The van der Waals surface area contributed by atoms with Crippen molar-refractivity contribution in [1.82, 2.24) is 0 Å². The van der Waals surface area contributed by atoms with Gasteiger partial charge in [-0.15, -0.1) is 0 Å². The van der Waals surface area contributed by atoms with Crippen molar-refractivity contribution in [3.8, 4) is 0 Å². The standard InChI is InChI=1S/C16H16ClFN2O/c1-10(12-4-3-5-13(17)8-12)19-16-9-14(20-11(2)21)6-7-15(16)18/h3-10,19H,1-2H3,(H,20,21). The van der Waals surface area contributed by atoms with E-state index < -0.39 is 0 Å². The topological polar surface area (TPSA) is 41.1 Å². The third kappa shape index (κ3) is 4.20. The summed E-state index contributed by atoms with van der Waals surface area (Å²) in [4.78, 5) is 11.1. The first-order valence-corrected chi connectivity index (χ1v) is 6.92. The van der Waals surface area contributed by atoms with Crippen molar-refractivity contribution in [2.45, 2.75) is 19.9 Å². The van der Waals surface area contributed by atoms with Gasteiger partial charge in [0.25, 0.3) is 0 Å². The summed E-state index contributed by atoms with van der Waals surface area (Å²) in [6, 6.07) is 11.7. The highest BCUT2D eigenvalue weighted by atomic mass is 35.5. The Morgan fingerprint density at radius 3 is 2.67 bits per heavy atom. The number of carbonyl (C=O) groups excluding carboxylic acids is 1. The Labute approximate surface area is 128 Å². The van der Waals surface area contributed by atoms with E-state index in [1.54, 1.807) is 12.1 Å². The van der Waals surface area contributed by atoms with Gasteiger partial charge in [0.05, 0.1) is 5.69 Å². The molecule has 2 N–H and O–H groups in total. The lowest BCUT2D eigenvalue weighted by atomic mass is 10.1. The Bertz CT molecular complexity index is 660. The molecule has 0 aromatic heterocycles. The van der Waals surface area contributed by atoms with E-state index in [9.17, 15) is 9.18 Å². The van der Waals surface area contributed by atoms with Gasteiger partial charge in [0.15, 0.2) is 0 Å². The van der Waals surface area contributed by atoms with Crippen molar-refractivity contribution in [1.29, 1.82) is 0 Å². The second-order valence-electron chi connectivity index (χ2n) is 4.80. The highest BCUT2D eigenvalue weighted by molar-refractivity contribution is 6.30. The van der Waals surface area contributed by atoms with E-state index >= 15 is 0 Å². The molecule has 21 heavy (non-hydrogen) atoms. The van der Waals surface area contributed by atoms with Crippen molar-refractivity contribution < 1.29 is 9.18 Å². The van der Waals surface area contributed by atoms with Gasteiger partial charge in [0.2, 0.25) is 5.91 Å². The maximum atomic E-state index is 13.9. The van der Waals surface area contributed by atoms with E-state index in [2.05, 4.69) is 10.6 Å². The molecule has 2 aromatic carbocycles. The van der Waals surface area contributed by atoms with Crippen LogP contribution in [-0.4, -0.2) is 5.91 Å². The predicted octanol–water partition coefficient (Wildman–Crippen LogP) is 4.61. The highest BCUT2D eigenvalue weighted by Crippen LogP contribution is 2.25. The summed E-state index contributed by atoms with van der Waals surface area (Å²) in [6.07, 6.45) is 0. The van der Waals surface area contributed by atoms with Crippen LogP contribution in [0.1, 0.15) is 25.5 Å². The van der Waals surface area contributed by atoms with Crippen molar-refractivity contribution in [3.05, 3.63) is 58.9 Å². The average molecular weight is 307 g/mol. The summed E-state index contributed by atoms with van der Waals surface area (Å²) >= 11 is 5.96. The van der Waals surface area contributed by atoms with E-state index in [-0.39, 0.29) is 17.8 Å². The van der Waals surface area contributed by atoms with Gasteiger partial charge in [-0.25, -0.2) is 4.39 Å². The highest BCUT2D eigenvalue weighted by Gasteiger charge is 2.10. The third-order valence-electron chi connectivity index (χ3n) is 3.01. The minimum absolute atomic E-state index is 0.120. The van der Waals surface area contributed by atoms with Crippen LogP contribution >= 0.6 is 11.6 Å². The molecule has 110 valence electrons. The number of hydrogen-bond acceptors (Lipinski definition) is 2. The lowest BCUT2D eigenvalue weighted by Gasteiger charge is -2.17. The van der Waals surface area contributed by atoms with Crippen LogP contribution in [-0.2, 0) is 4.79 Å². The minimum atomic E-state index is -0.377. The summed E-state index contributed by atoms with van der Waals surface area (Å²) in [5.74, 6) is -0.576. The zero-order valence-corrected chi connectivity index (χ0v) is 12.5. The van der Waals surface area contributed by atoms with Crippen LogP contribution in [0.15, 0.2) is 42.5 Å². The Kier molecular flexibility index (Phi) is 4.81. The first kappa shape index (κ1) is 15.3. The molecular weight excluding hydrogens is 291 g/mol. The van der Waals surface area contributed by atoms with E-state index in [0.717, 1.165) is 5.56 Å². The predicted molar refractivity (Wildman–Crippen MR) is 84.2 cm³/mol. The minimum Gasteiger partial charge on any atom is -0.376 e. The molecule has 0 aliphatic heterocycles. The van der Waals surface area contributed by atoms with Crippen LogP contribution in [0.4, 0.5) is 15.8 Å². The normalized spacial score (nSPS) is 11.8. The van der Waals surface area contributed by atoms with E-state index in [1.807, 2.05) is 25.1 Å². The van der Waals surface area contributed by atoms with Gasteiger partial charge in [0.1, 0.15) is 5.82 Å². The molecule has 1 atom stereocenters. The lowest BCUT2D eigenvalue weighted by molar-refractivity contribution is -0.114. The molecule has 0 heterocycles. The SMILES string of the molecule is CC(=O)Nc1ccc(F)c(NC(C)c2cccc(Cl)c2)c1. The zero-order chi connectivity index (χ0) is 15.4. The summed E-state index contributed by atoms with van der Waals surface area (Å²) in [7, 11) is 0. The van der Waals surface area contributed by atoms with Gasteiger partial charge in [-0.3, -0.25) is 4.79 Å². The van der Waals surface area contributed by atoms with Crippen LogP contribution in [0.2, 0.25) is 5.02 Å². The number of rotatable bonds is 4. The second kappa shape index (κ2) is 6.59. The molecule has 5 heteroatoms. The maximum Gasteiger partial charge on any atom is 0.221 e. The van der Waals surface area contributed by atoms with Crippen molar-refractivity contribution in [2.75, 3.05) is 10.6 Å². The number of hydrogen-bond donors (Lipinski definition) is 2. The van der Waals surface area contributed by atoms with Gasteiger partial charge in [-0.1, -0.05) is 23.7 Å². The van der Waals surface area contributed by atoms with Crippen LogP contribution in [0.25, 0.3) is 0 Å². The quantitative estimate of drug-likeness (QED) is 0.866. The molecule has 0 radical (unpaired) electrons. The number of carbonyl (C=O) groups is 1. The van der Waals surface area contributed by atoms with Crippen LogP contribution in [0, 0.1) is 5.82 Å². The average Bonchev–Trinajstić information content (AvgIpc) is 2.42. The van der Waals surface area contributed by atoms with Gasteiger partial charge in [-0.2, -0.15) is 0 Å². The summed E-state index contributed by atoms with van der Waals surface area (Å²) in [6.45, 7) is 3.32. The van der Waals surface area contributed by atoms with Gasteiger partial charge in [0, 0.05) is 23.7 Å². The zero-order valence-electron chi connectivity index (χ0n) is 11.8. The fourth-order valence-corrected chi connectivity index (χ4v) is 2.21. The molecule has 0 spiro atoms. The molecule has 0 fully saturated rings. The molecule has 0 aliphatic carbocycles. The smallest absolute Gasteiger partial charge is 0.221 e. The number of halogens is 2. The van der Waals surface area contributed by atoms with Gasteiger partial charge >= 0.3 is 0 Å². The molecule has 0 saturated carbocycles. The number of amides is 1. The molecular formula is C16H16ClFN2O. The summed E-state index contributed by atoms with van der Waals surface area (Å²) < 4.78 is 13.9. The fraction of sp³-hybridized carbons (Fsp3) is 0.188. The Morgan fingerprint density at radius 1 is 1.24 bits per heavy atom. The third-order valence-corrected chi connectivity index (χ3v) is 3.24. The molecule has 3 nitrogen and oxygen atoms in total. The fourth-order valence-electron chi connectivity index (χ4n) is 2.01. The molecule has 0 aliphatic rings. The second-order valence-corrected chi connectivity index (χ2v) is 5.23. The van der Waals surface area contributed by atoms with Crippen LogP contribution < -0.4 is 10.6 Å². The Hall–Kier alpha value is -2.07. The molecule has 0 bridgehead atoms.